The Morgan fingerprint density at radius 2 is 2.00 bits per heavy atom. The number of carbonyl (C=O) groups excluding carboxylic acids is 2. The molecule has 1 unspecified atom stereocenters. The molecule has 172 valence electrons. The van der Waals surface area contributed by atoms with Crippen molar-refractivity contribution in [2.24, 2.45) is 0 Å². The van der Waals surface area contributed by atoms with Gasteiger partial charge in [0.15, 0.2) is 6.61 Å². The summed E-state index contributed by atoms with van der Waals surface area (Å²) in [5, 5.41) is 6.04. The Labute approximate surface area is 199 Å². The van der Waals surface area contributed by atoms with E-state index in [1.165, 1.54) is 11.3 Å². The highest BCUT2D eigenvalue weighted by atomic mass is 32.1. The van der Waals surface area contributed by atoms with Gasteiger partial charge >= 0.3 is 0 Å². The lowest BCUT2D eigenvalue weighted by Gasteiger charge is -2.18. The van der Waals surface area contributed by atoms with Gasteiger partial charge in [0.25, 0.3) is 17.4 Å². The topological polar surface area (TPSA) is 113 Å². The average Bonchev–Trinajstić information content (AvgIpc) is 3.18. The molecule has 9 heteroatoms. The number of benzene rings is 2. The first kappa shape index (κ1) is 21.8. The summed E-state index contributed by atoms with van der Waals surface area (Å²) in [6.07, 6.45) is 0. The predicted molar refractivity (Wildman–Crippen MR) is 131 cm³/mol. The number of rotatable bonds is 5. The fourth-order valence-electron chi connectivity index (χ4n) is 4.18. The number of nitrogens with one attached hydrogen (secondary N) is 3. The first-order chi connectivity index (χ1) is 16.4. The number of aryl methyl sites for hydroxylation is 1. The number of hydrogen-bond donors (Lipinski definition) is 3. The van der Waals surface area contributed by atoms with E-state index < -0.39 is 5.91 Å². The minimum atomic E-state index is -0.485. The molecule has 0 spiro atoms. The molecule has 0 fully saturated rings. The number of carbonyl (C=O) groups is 2. The van der Waals surface area contributed by atoms with Crippen LogP contribution in [0.15, 0.2) is 53.3 Å². The zero-order valence-corrected chi connectivity index (χ0v) is 19.4. The molecular formula is C25H22N4O4S. The lowest BCUT2D eigenvalue weighted by atomic mass is 9.92. The third kappa shape index (κ3) is 4.06. The Bertz CT molecular complexity index is 1480. The number of amides is 2. The smallest absolute Gasteiger partial charge is 0.287 e. The highest BCUT2D eigenvalue weighted by Gasteiger charge is 2.22. The number of hydrogen-bond acceptors (Lipinski definition) is 6. The van der Waals surface area contributed by atoms with E-state index in [0.717, 1.165) is 21.6 Å². The number of nitrogens with zero attached hydrogens (tertiary/aromatic N) is 1. The molecule has 5 rings (SSSR count). The normalized spacial score (nSPS) is 13.6. The molecule has 8 nitrogen and oxygen atoms in total. The first-order valence-corrected chi connectivity index (χ1v) is 11.6. The molecule has 4 aromatic rings. The number of ether oxygens (including phenoxy) is 1. The molecule has 1 atom stereocenters. The molecule has 2 aromatic carbocycles. The lowest BCUT2D eigenvalue weighted by molar-refractivity contribution is -0.118. The van der Waals surface area contributed by atoms with Crippen molar-refractivity contribution in [3.8, 4) is 5.75 Å². The summed E-state index contributed by atoms with van der Waals surface area (Å²) < 4.78 is 5.35. The van der Waals surface area contributed by atoms with Gasteiger partial charge in [-0.3, -0.25) is 14.4 Å². The van der Waals surface area contributed by atoms with E-state index in [9.17, 15) is 14.4 Å². The summed E-state index contributed by atoms with van der Waals surface area (Å²) in [7, 11) is 0. The van der Waals surface area contributed by atoms with E-state index in [1.807, 2.05) is 37.3 Å². The second-order valence-corrected chi connectivity index (χ2v) is 9.35. The third-order valence-corrected chi connectivity index (χ3v) is 6.88. The molecule has 1 aliphatic heterocycles. The molecule has 3 N–H and O–H groups in total. The number of H-pyrrole nitrogens is 1. The van der Waals surface area contributed by atoms with E-state index in [0.29, 0.717) is 21.7 Å². The van der Waals surface area contributed by atoms with Crippen molar-refractivity contribution in [3.05, 3.63) is 86.3 Å². The third-order valence-electron chi connectivity index (χ3n) is 5.86. The van der Waals surface area contributed by atoms with Crippen molar-refractivity contribution in [2.45, 2.75) is 26.3 Å². The zero-order chi connectivity index (χ0) is 23.8. The van der Waals surface area contributed by atoms with Crippen molar-refractivity contribution in [1.29, 1.82) is 0 Å². The molecule has 2 aromatic heterocycles. The second kappa shape index (κ2) is 8.75. The standard InChI is InChI=1S/C25H22N4O4S/c1-13(16-6-4-3-5-7-16)20-14(2)34-25-21(20)23(31)28-22(29-25)24(32)26-11-15-8-9-18-17(10-15)27-19(30)12-33-18/h3-10,13H,11-12H2,1-2H3,(H,26,32)(H,27,30)(H,28,29,31). The van der Waals surface area contributed by atoms with Crippen LogP contribution < -0.4 is 20.9 Å². The van der Waals surface area contributed by atoms with Crippen molar-refractivity contribution in [2.75, 3.05) is 11.9 Å². The Kier molecular flexibility index (Phi) is 5.62. The van der Waals surface area contributed by atoms with Crippen LogP contribution in [0.5, 0.6) is 5.75 Å². The van der Waals surface area contributed by atoms with Crippen LogP contribution in [-0.4, -0.2) is 28.4 Å². The quantitative estimate of drug-likeness (QED) is 0.408. The van der Waals surface area contributed by atoms with E-state index in [4.69, 9.17) is 4.74 Å². The SMILES string of the molecule is Cc1sc2nc(C(=O)NCc3ccc4c(c3)NC(=O)CO4)[nH]c(=O)c2c1C(C)c1ccccc1. The van der Waals surface area contributed by atoms with E-state index in [1.54, 1.807) is 18.2 Å². The Hall–Kier alpha value is -3.98. The number of aromatic nitrogens is 2. The van der Waals surface area contributed by atoms with E-state index >= 15 is 0 Å². The van der Waals surface area contributed by atoms with E-state index in [-0.39, 0.29) is 36.4 Å². The van der Waals surface area contributed by atoms with Crippen LogP contribution in [0.4, 0.5) is 5.69 Å². The highest BCUT2D eigenvalue weighted by Crippen LogP contribution is 2.36. The van der Waals surface area contributed by atoms with Crippen LogP contribution in [0.3, 0.4) is 0 Å². The average molecular weight is 475 g/mol. The molecule has 0 aliphatic carbocycles. The molecule has 0 bridgehead atoms. The molecule has 1 aliphatic rings. The van der Waals surface area contributed by atoms with Crippen LogP contribution in [0.1, 0.15) is 45.0 Å². The minimum absolute atomic E-state index is 0.0152. The maximum absolute atomic E-state index is 13.0. The van der Waals surface area contributed by atoms with Crippen LogP contribution in [0.2, 0.25) is 0 Å². The first-order valence-electron chi connectivity index (χ1n) is 10.8. The fourth-order valence-corrected chi connectivity index (χ4v) is 5.30. The monoisotopic (exact) mass is 474 g/mol. The number of fused-ring (bicyclic) bond motifs is 2. The van der Waals surface area contributed by atoms with Gasteiger partial charge in [-0.25, -0.2) is 4.98 Å². The molecule has 2 amide bonds. The maximum Gasteiger partial charge on any atom is 0.287 e. The van der Waals surface area contributed by atoms with Gasteiger partial charge in [-0.2, -0.15) is 0 Å². The van der Waals surface area contributed by atoms with Crippen molar-refractivity contribution in [3.63, 3.8) is 0 Å². The van der Waals surface area contributed by atoms with Crippen LogP contribution in [0, 0.1) is 6.92 Å². The Morgan fingerprint density at radius 1 is 1.21 bits per heavy atom. The lowest BCUT2D eigenvalue weighted by Crippen LogP contribution is -2.28. The largest absolute Gasteiger partial charge is 0.482 e. The van der Waals surface area contributed by atoms with Gasteiger partial charge in [-0.15, -0.1) is 11.3 Å². The predicted octanol–water partition coefficient (Wildman–Crippen LogP) is 3.71. The molecule has 3 heterocycles. The number of thiophene rings is 1. The number of anilines is 1. The molecule has 0 radical (unpaired) electrons. The van der Waals surface area contributed by atoms with Crippen molar-refractivity contribution < 1.29 is 14.3 Å². The van der Waals surface area contributed by atoms with Gasteiger partial charge in [0.05, 0.1) is 11.1 Å². The molecule has 34 heavy (non-hydrogen) atoms. The van der Waals surface area contributed by atoms with Crippen molar-refractivity contribution >= 4 is 39.1 Å². The minimum Gasteiger partial charge on any atom is -0.482 e. The summed E-state index contributed by atoms with van der Waals surface area (Å²) in [6.45, 7) is 4.22. The van der Waals surface area contributed by atoms with Crippen LogP contribution in [-0.2, 0) is 11.3 Å². The second-order valence-electron chi connectivity index (χ2n) is 8.15. The van der Waals surface area contributed by atoms with Gasteiger partial charge in [-0.05, 0) is 35.7 Å². The summed E-state index contributed by atoms with van der Waals surface area (Å²) in [5.41, 5.74) is 3.05. The molecular weight excluding hydrogens is 452 g/mol. The molecule has 0 saturated heterocycles. The maximum atomic E-state index is 13.0. The van der Waals surface area contributed by atoms with Crippen LogP contribution >= 0.6 is 11.3 Å². The summed E-state index contributed by atoms with van der Waals surface area (Å²) in [4.78, 5) is 46.0. The van der Waals surface area contributed by atoms with Gasteiger partial charge < -0.3 is 20.4 Å². The Balaban J connectivity index is 1.38. The summed E-state index contributed by atoms with van der Waals surface area (Å²) in [6, 6.07) is 15.3. The summed E-state index contributed by atoms with van der Waals surface area (Å²) in [5.74, 6) is -0.144. The zero-order valence-electron chi connectivity index (χ0n) is 18.6. The highest BCUT2D eigenvalue weighted by molar-refractivity contribution is 7.18. The van der Waals surface area contributed by atoms with Gasteiger partial charge in [0.1, 0.15) is 10.6 Å². The van der Waals surface area contributed by atoms with Gasteiger partial charge in [0.2, 0.25) is 5.82 Å². The Morgan fingerprint density at radius 3 is 2.79 bits per heavy atom. The van der Waals surface area contributed by atoms with Gasteiger partial charge in [0, 0.05) is 17.3 Å². The van der Waals surface area contributed by atoms with Crippen LogP contribution in [0.25, 0.3) is 10.2 Å². The van der Waals surface area contributed by atoms with Gasteiger partial charge in [-0.1, -0.05) is 43.3 Å². The van der Waals surface area contributed by atoms with E-state index in [2.05, 4.69) is 27.5 Å². The summed E-state index contributed by atoms with van der Waals surface area (Å²) >= 11 is 1.41. The fraction of sp³-hybridized carbons (Fsp3) is 0.200. The number of aromatic amines is 1. The molecule has 0 saturated carbocycles. The van der Waals surface area contributed by atoms with Crippen molar-refractivity contribution in [1.82, 2.24) is 15.3 Å².